The van der Waals surface area contributed by atoms with Crippen molar-refractivity contribution in [2.75, 3.05) is 27.2 Å². The van der Waals surface area contributed by atoms with E-state index >= 15 is 0 Å². The molecular formula is C19H21NO3. The minimum Gasteiger partial charge on any atom is -0.482 e. The number of likely N-dealkylation sites (N-methyl/N-ethyl adjacent to an activating group) is 1. The second-order valence-electron chi connectivity index (χ2n) is 5.90. The lowest BCUT2D eigenvalue weighted by molar-refractivity contribution is -0.125. The summed E-state index contributed by atoms with van der Waals surface area (Å²) in [4.78, 5) is 13.6. The highest BCUT2D eigenvalue weighted by Gasteiger charge is 2.32. The van der Waals surface area contributed by atoms with Crippen molar-refractivity contribution in [3.05, 3.63) is 54.1 Å². The second-order valence-corrected chi connectivity index (χ2v) is 5.90. The van der Waals surface area contributed by atoms with Gasteiger partial charge in [-0.1, -0.05) is 42.5 Å². The van der Waals surface area contributed by atoms with E-state index < -0.39 is 12.2 Å². The largest absolute Gasteiger partial charge is 0.482 e. The highest BCUT2D eigenvalue weighted by Crippen LogP contribution is 2.43. The Labute approximate surface area is 136 Å². The molecule has 2 unspecified atom stereocenters. The Morgan fingerprint density at radius 2 is 1.83 bits per heavy atom. The lowest BCUT2D eigenvalue weighted by atomic mass is 9.91. The summed E-state index contributed by atoms with van der Waals surface area (Å²) in [6, 6.07) is 15.9. The van der Waals surface area contributed by atoms with Crippen molar-refractivity contribution < 1.29 is 14.3 Å². The molecule has 2 aromatic carbocycles. The summed E-state index contributed by atoms with van der Waals surface area (Å²) in [5.74, 6) is 0.791. The lowest BCUT2D eigenvalue weighted by Gasteiger charge is -2.32. The monoisotopic (exact) mass is 311 g/mol. The third-order valence-corrected chi connectivity index (χ3v) is 3.98. The van der Waals surface area contributed by atoms with Crippen molar-refractivity contribution in [1.82, 2.24) is 4.90 Å². The zero-order valence-corrected chi connectivity index (χ0v) is 13.4. The van der Waals surface area contributed by atoms with Gasteiger partial charge in [-0.15, -0.1) is 0 Å². The molecule has 0 amide bonds. The van der Waals surface area contributed by atoms with Gasteiger partial charge in [0.1, 0.15) is 5.75 Å². The average Bonchev–Trinajstić information content (AvgIpc) is 2.58. The molecule has 3 rings (SSSR count). The van der Waals surface area contributed by atoms with Crippen LogP contribution in [0.5, 0.6) is 5.75 Å². The first-order valence-electron chi connectivity index (χ1n) is 7.77. The Hall–Kier alpha value is -2.17. The van der Waals surface area contributed by atoms with E-state index in [0.717, 1.165) is 35.3 Å². The van der Waals surface area contributed by atoms with Gasteiger partial charge >= 0.3 is 0 Å². The van der Waals surface area contributed by atoms with E-state index in [4.69, 9.17) is 9.47 Å². The summed E-state index contributed by atoms with van der Waals surface area (Å²) >= 11 is 0. The summed E-state index contributed by atoms with van der Waals surface area (Å²) in [6.07, 6.45) is -0.199. The number of rotatable bonds is 6. The van der Waals surface area contributed by atoms with Crippen molar-refractivity contribution in [3.63, 3.8) is 0 Å². The predicted octanol–water partition coefficient (Wildman–Crippen LogP) is 2.93. The van der Waals surface area contributed by atoms with E-state index in [1.54, 1.807) is 0 Å². The van der Waals surface area contributed by atoms with Crippen LogP contribution in [-0.2, 0) is 9.53 Å². The number of benzene rings is 2. The minimum absolute atomic E-state index is 0.416. The summed E-state index contributed by atoms with van der Waals surface area (Å²) in [5, 5.41) is 0. The molecule has 0 bridgehead atoms. The number of aldehydes is 1. The number of carbonyl (C=O) groups excluding carboxylic acids is 1. The van der Waals surface area contributed by atoms with Crippen LogP contribution < -0.4 is 4.74 Å². The van der Waals surface area contributed by atoms with E-state index in [9.17, 15) is 4.79 Å². The molecule has 0 saturated heterocycles. The van der Waals surface area contributed by atoms with Crippen LogP contribution in [0.25, 0.3) is 11.1 Å². The van der Waals surface area contributed by atoms with Crippen LogP contribution in [0.15, 0.2) is 48.5 Å². The zero-order chi connectivity index (χ0) is 16.2. The molecule has 4 nitrogen and oxygen atoms in total. The average molecular weight is 311 g/mol. The normalized spacial score (nSPS) is 17.1. The molecule has 0 aliphatic carbocycles. The van der Waals surface area contributed by atoms with Crippen LogP contribution in [0.2, 0.25) is 0 Å². The number of carbonyl (C=O) groups is 1. The Balaban J connectivity index is 1.90. The first kappa shape index (κ1) is 15.7. The number of hydrogen-bond acceptors (Lipinski definition) is 4. The van der Waals surface area contributed by atoms with Crippen LogP contribution in [0.1, 0.15) is 11.7 Å². The van der Waals surface area contributed by atoms with Gasteiger partial charge in [0.15, 0.2) is 18.5 Å². The van der Waals surface area contributed by atoms with Gasteiger partial charge < -0.3 is 19.2 Å². The highest BCUT2D eigenvalue weighted by molar-refractivity contribution is 5.76. The molecule has 23 heavy (non-hydrogen) atoms. The van der Waals surface area contributed by atoms with E-state index in [0.29, 0.717) is 6.61 Å². The van der Waals surface area contributed by atoms with Crippen molar-refractivity contribution in [3.8, 4) is 16.9 Å². The fourth-order valence-electron chi connectivity index (χ4n) is 2.80. The van der Waals surface area contributed by atoms with Crippen molar-refractivity contribution in [2.24, 2.45) is 0 Å². The molecule has 4 heteroatoms. The Bertz CT molecular complexity index is 684. The van der Waals surface area contributed by atoms with E-state index in [2.05, 4.69) is 6.07 Å². The first-order valence-corrected chi connectivity index (χ1v) is 7.77. The van der Waals surface area contributed by atoms with Gasteiger partial charge in [-0.05, 0) is 25.7 Å². The van der Waals surface area contributed by atoms with E-state index in [1.807, 2.05) is 61.5 Å². The van der Waals surface area contributed by atoms with Crippen LogP contribution >= 0.6 is 0 Å². The van der Waals surface area contributed by atoms with Gasteiger partial charge in [0.2, 0.25) is 0 Å². The Morgan fingerprint density at radius 1 is 1.13 bits per heavy atom. The van der Waals surface area contributed by atoms with Gasteiger partial charge in [0, 0.05) is 17.7 Å². The molecule has 0 aromatic heterocycles. The number of para-hydroxylation sites is 1. The minimum atomic E-state index is -0.621. The fourth-order valence-corrected chi connectivity index (χ4v) is 2.80. The molecular weight excluding hydrogens is 290 g/mol. The third-order valence-electron chi connectivity index (χ3n) is 3.98. The van der Waals surface area contributed by atoms with E-state index in [-0.39, 0.29) is 0 Å². The van der Waals surface area contributed by atoms with Gasteiger partial charge in [-0.2, -0.15) is 0 Å². The Kier molecular flexibility index (Phi) is 4.74. The fraction of sp³-hybridized carbons (Fsp3) is 0.316. The molecule has 0 saturated carbocycles. The SMILES string of the molecule is CN(C)CCOC(C=O)C1Oc2ccccc2-c2ccccc21. The van der Waals surface area contributed by atoms with Crippen LogP contribution in [0.3, 0.4) is 0 Å². The quantitative estimate of drug-likeness (QED) is 0.769. The maximum atomic E-state index is 11.6. The van der Waals surface area contributed by atoms with Crippen LogP contribution in [0, 0.1) is 0 Å². The number of hydrogen-bond donors (Lipinski definition) is 0. The van der Waals surface area contributed by atoms with Crippen LogP contribution in [-0.4, -0.2) is 44.5 Å². The molecule has 0 radical (unpaired) electrons. The smallest absolute Gasteiger partial charge is 0.157 e. The predicted molar refractivity (Wildman–Crippen MR) is 89.6 cm³/mol. The first-order chi connectivity index (χ1) is 11.2. The second kappa shape index (κ2) is 6.94. The molecule has 0 fully saturated rings. The molecule has 1 aliphatic rings. The summed E-state index contributed by atoms with van der Waals surface area (Å²) < 4.78 is 11.9. The van der Waals surface area contributed by atoms with Gasteiger partial charge in [-0.3, -0.25) is 0 Å². The maximum Gasteiger partial charge on any atom is 0.157 e. The van der Waals surface area contributed by atoms with Gasteiger partial charge in [0.25, 0.3) is 0 Å². The topological polar surface area (TPSA) is 38.8 Å². The molecule has 2 atom stereocenters. The number of fused-ring (bicyclic) bond motifs is 3. The number of ether oxygens (including phenoxy) is 2. The van der Waals surface area contributed by atoms with Gasteiger partial charge in [0.05, 0.1) is 6.61 Å². The molecule has 0 N–H and O–H groups in total. The Morgan fingerprint density at radius 3 is 2.57 bits per heavy atom. The summed E-state index contributed by atoms with van der Waals surface area (Å²) in [6.45, 7) is 1.25. The summed E-state index contributed by atoms with van der Waals surface area (Å²) in [5.41, 5.74) is 3.15. The molecule has 1 heterocycles. The standard InChI is InChI=1S/C19H21NO3/c1-20(2)11-12-22-18(13-21)19-16-9-4-3-7-14(16)15-8-5-6-10-17(15)23-19/h3-10,13,18-19H,11-12H2,1-2H3. The highest BCUT2D eigenvalue weighted by atomic mass is 16.5. The van der Waals surface area contributed by atoms with Gasteiger partial charge in [-0.25, -0.2) is 0 Å². The van der Waals surface area contributed by atoms with Crippen molar-refractivity contribution >= 4 is 6.29 Å². The summed E-state index contributed by atoms with van der Waals surface area (Å²) in [7, 11) is 3.95. The zero-order valence-electron chi connectivity index (χ0n) is 13.4. The molecule has 120 valence electrons. The van der Waals surface area contributed by atoms with Crippen molar-refractivity contribution in [2.45, 2.75) is 12.2 Å². The third kappa shape index (κ3) is 3.28. The molecule has 2 aromatic rings. The molecule has 0 spiro atoms. The number of nitrogens with zero attached hydrogens (tertiary/aromatic N) is 1. The van der Waals surface area contributed by atoms with Crippen LogP contribution in [0.4, 0.5) is 0 Å². The molecule has 1 aliphatic heterocycles. The van der Waals surface area contributed by atoms with E-state index in [1.165, 1.54) is 0 Å². The van der Waals surface area contributed by atoms with Crippen molar-refractivity contribution in [1.29, 1.82) is 0 Å². The maximum absolute atomic E-state index is 11.6. The lowest BCUT2D eigenvalue weighted by Crippen LogP contribution is -2.32.